The van der Waals surface area contributed by atoms with Crippen molar-refractivity contribution in [2.45, 2.75) is 71.0 Å². The Kier molecular flexibility index (Phi) is 6.93. The average Bonchev–Trinajstić information content (AvgIpc) is 3.39. The standard InChI is InChI=1S/C25H33FN4O4/c1-4-34-13-7-12-30-23(32)22-21(27-16(2)31)19-14-17(26)10-11-20(19)29(22)15-25(30,3)24(33)28-18-8-5-6-9-18/h10-11,14,18H,4-9,12-13,15H2,1-3H3,(H,27,31)(H,28,33). The van der Waals surface area contributed by atoms with Crippen molar-refractivity contribution in [1.82, 2.24) is 14.8 Å². The Morgan fingerprint density at radius 1 is 1.26 bits per heavy atom. The quantitative estimate of drug-likeness (QED) is 0.576. The summed E-state index contributed by atoms with van der Waals surface area (Å²) >= 11 is 0. The molecule has 8 nitrogen and oxygen atoms in total. The van der Waals surface area contributed by atoms with Crippen LogP contribution < -0.4 is 10.6 Å². The average molecular weight is 473 g/mol. The van der Waals surface area contributed by atoms with E-state index < -0.39 is 11.4 Å². The van der Waals surface area contributed by atoms with Gasteiger partial charge in [0.2, 0.25) is 11.8 Å². The van der Waals surface area contributed by atoms with Crippen LogP contribution in [0, 0.1) is 5.82 Å². The molecule has 1 unspecified atom stereocenters. The topological polar surface area (TPSA) is 92.7 Å². The fourth-order valence-electron chi connectivity index (χ4n) is 5.18. The van der Waals surface area contributed by atoms with Crippen LogP contribution in [-0.2, 0) is 20.9 Å². The van der Waals surface area contributed by atoms with Crippen LogP contribution in [0.3, 0.4) is 0 Å². The van der Waals surface area contributed by atoms with Crippen molar-refractivity contribution in [3.63, 3.8) is 0 Å². The van der Waals surface area contributed by atoms with E-state index in [1.54, 1.807) is 22.5 Å². The van der Waals surface area contributed by atoms with Crippen LogP contribution in [0.4, 0.5) is 10.1 Å². The second-order valence-corrected chi connectivity index (χ2v) is 9.39. The fourth-order valence-corrected chi connectivity index (χ4v) is 5.18. The molecule has 1 aromatic heterocycles. The van der Waals surface area contributed by atoms with Crippen molar-refractivity contribution in [1.29, 1.82) is 0 Å². The van der Waals surface area contributed by atoms with E-state index in [1.165, 1.54) is 19.1 Å². The summed E-state index contributed by atoms with van der Waals surface area (Å²) in [5, 5.41) is 6.33. The number of carbonyl (C=O) groups is 3. The molecular formula is C25H33FN4O4. The zero-order valence-corrected chi connectivity index (χ0v) is 20.1. The minimum absolute atomic E-state index is 0.108. The molecule has 34 heavy (non-hydrogen) atoms. The van der Waals surface area contributed by atoms with Gasteiger partial charge in [-0.1, -0.05) is 12.8 Å². The minimum Gasteiger partial charge on any atom is -0.382 e. The van der Waals surface area contributed by atoms with Gasteiger partial charge in [0.15, 0.2) is 0 Å². The van der Waals surface area contributed by atoms with E-state index in [0.717, 1.165) is 25.7 Å². The van der Waals surface area contributed by atoms with E-state index in [4.69, 9.17) is 4.74 Å². The smallest absolute Gasteiger partial charge is 0.273 e. The van der Waals surface area contributed by atoms with Gasteiger partial charge >= 0.3 is 0 Å². The molecule has 1 fully saturated rings. The molecule has 2 aromatic rings. The van der Waals surface area contributed by atoms with E-state index in [2.05, 4.69) is 10.6 Å². The van der Waals surface area contributed by atoms with Crippen molar-refractivity contribution in [2.24, 2.45) is 0 Å². The van der Waals surface area contributed by atoms with Gasteiger partial charge in [0.25, 0.3) is 5.91 Å². The Labute approximate surface area is 198 Å². The van der Waals surface area contributed by atoms with E-state index in [0.29, 0.717) is 37.1 Å². The summed E-state index contributed by atoms with van der Waals surface area (Å²) in [6.45, 7) is 6.59. The number of aromatic nitrogens is 1. The molecule has 2 aliphatic rings. The highest BCUT2D eigenvalue weighted by molar-refractivity contribution is 6.14. The van der Waals surface area contributed by atoms with Gasteiger partial charge in [0, 0.05) is 38.1 Å². The van der Waals surface area contributed by atoms with Crippen molar-refractivity contribution in [3.05, 3.63) is 29.7 Å². The lowest BCUT2D eigenvalue weighted by atomic mass is 9.93. The summed E-state index contributed by atoms with van der Waals surface area (Å²) < 4.78 is 21.4. The predicted octanol–water partition coefficient (Wildman–Crippen LogP) is 3.44. The van der Waals surface area contributed by atoms with Gasteiger partial charge in [-0.3, -0.25) is 14.4 Å². The molecule has 1 aliphatic carbocycles. The number of hydrogen-bond donors (Lipinski definition) is 2. The highest BCUT2D eigenvalue weighted by Crippen LogP contribution is 2.39. The monoisotopic (exact) mass is 472 g/mol. The molecule has 1 aromatic carbocycles. The molecule has 184 valence electrons. The number of hydrogen-bond acceptors (Lipinski definition) is 4. The van der Waals surface area contributed by atoms with E-state index >= 15 is 0 Å². The maximum atomic E-state index is 14.1. The SMILES string of the molecule is CCOCCCN1C(=O)c2c(NC(C)=O)c3cc(F)ccc3n2CC1(C)C(=O)NC1CCCC1. The zero-order valence-electron chi connectivity index (χ0n) is 20.1. The Bertz CT molecular complexity index is 1110. The third kappa shape index (κ3) is 4.41. The third-order valence-electron chi connectivity index (χ3n) is 6.89. The number of amides is 3. The normalized spacial score (nSPS) is 20.6. The van der Waals surface area contributed by atoms with Gasteiger partial charge < -0.3 is 24.8 Å². The Balaban J connectivity index is 1.79. The van der Waals surface area contributed by atoms with Gasteiger partial charge in [-0.05, 0) is 51.3 Å². The number of fused-ring (bicyclic) bond motifs is 3. The maximum Gasteiger partial charge on any atom is 0.273 e. The molecule has 0 radical (unpaired) electrons. The van der Waals surface area contributed by atoms with Crippen molar-refractivity contribution in [2.75, 3.05) is 25.1 Å². The number of nitrogens with zero attached hydrogens (tertiary/aromatic N) is 2. The van der Waals surface area contributed by atoms with Gasteiger partial charge in [-0.25, -0.2) is 4.39 Å². The fraction of sp³-hybridized carbons (Fsp3) is 0.560. The van der Waals surface area contributed by atoms with Crippen molar-refractivity contribution < 1.29 is 23.5 Å². The first-order chi connectivity index (χ1) is 16.3. The molecule has 1 aliphatic heterocycles. The number of anilines is 1. The molecule has 2 N–H and O–H groups in total. The Morgan fingerprint density at radius 3 is 2.68 bits per heavy atom. The van der Waals surface area contributed by atoms with Gasteiger partial charge in [-0.2, -0.15) is 0 Å². The maximum absolute atomic E-state index is 14.1. The largest absolute Gasteiger partial charge is 0.382 e. The first-order valence-corrected chi connectivity index (χ1v) is 12.1. The number of halogens is 1. The Morgan fingerprint density at radius 2 is 2.00 bits per heavy atom. The highest BCUT2D eigenvalue weighted by atomic mass is 19.1. The molecule has 0 saturated heterocycles. The summed E-state index contributed by atoms with van der Waals surface area (Å²) in [6, 6.07) is 4.33. The van der Waals surface area contributed by atoms with Crippen LogP contribution in [0.2, 0.25) is 0 Å². The van der Waals surface area contributed by atoms with Crippen LogP contribution in [0.25, 0.3) is 10.9 Å². The predicted molar refractivity (Wildman–Crippen MR) is 127 cm³/mol. The Hall–Kier alpha value is -2.94. The number of benzene rings is 1. The zero-order chi connectivity index (χ0) is 24.5. The first kappa shape index (κ1) is 24.2. The van der Waals surface area contributed by atoms with Crippen LogP contribution in [-0.4, -0.2) is 58.5 Å². The summed E-state index contributed by atoms with van der Waals surface area (Å²) in [5.41, 5.74) is -0.00651. The second kappa shape index (κ2) is 9.74. The lowest BCUT2D eigenvalue weighted by molar-refractivity contribution is -0.133. The number of ether oxygens (including phenoxy) is 1. The minimum atomic E-state index is -1.15. The lowest BCUT2D eigenvalue weighted by Crippen LogP contribution is -2.65. The summed E-state index contributed by atoms with van der Waals surface area (Å²) in [5.74, 6) is -1.39. The second-order valence-electron chi connectivity index (χ2n) is 9.39. The van der Waals surface area contributed by atoms with Gasteiger partial charge in [0.05, 0.1) is 17.7 Å². The molecule has 3 amide bonds. The van der Waals surface area contributed by atoms with Gasteiger partial charge in [-0.15, -0.1) is 0 Å². The molecule has 0 spiro atoms. The molecular weight excluding hydrogens is 439 g/mol. The lowest BCUT2D eigenvalue weighted by Gasteiger charge is -2.44. The highest BCUT2D eigenvalue weighted by Gasteiger charge is 2.49. The molecule has 1 saturated carbocycles. The van der Waals surface area contributed by atoms with E-state index in [1.807, 2.05) is 6.92 Å². The van der Waals surface area contributed by atoms with Crippen LogP contribution >= 0.6 is 0 Å². The van der Waals surface area contributed by atoms with E-state index in [9.17, 15) is 18.8 Å². The molecule has 9 heteroatoms. The van der Waals surface area contributed by atoms with Crippen LogP contribution in [0.5, 0.6) is 0 Å². The summed E-state index contributed by atoms with van der Waals surface area (Å²) in [6.07, 6.45) is 4.59. The molecule has 4 rings (SSSR count). The number of nitrogens with one attached hydrogen (secondary N) is 2. The number of rotatable bonds is 8. The van der Waals surface area contributed by atoms with Crippen molar-refractivity contribution >= 4 is 34.3 Å². The van der Waals surface area contributed by atoms with Crippen LogP contribution in [0.15, 0.2) is 18.2 Å². The summed E-state index contributed by atoms with van der Waals surface area (Å²) in [7, 11) is 0. The third-order valence-corrected chi connectivity index (χ3v) is 6.89. The first-order valence-electron chi connectivity index (χ1n) is 12.1. The molecule has 1 atom stereocenters. The summed E-state index contributed by atoms with van der Waals surface area (Å²) in [4.78, 5) is 41.1. The van der Waals surface area contributed by atoms with E-state index in [-0.39, 0.29) is 41.7 Å². The van der Waals surface area contributed by atoms with Crippen LogP contribution in [0.1, 0.15) is 63.4 Å². The van der Waals surface area contributed by atoms with Gasteiger partial charge in [0.1, 0.15) is 17.1 Å². The van der Waals surface area contributed by atoms with Crippen molar-refractivity contribution in [3.8, 4) is 0 Å². The molecule has 0 bridgehead atoms. The number of carbonyl (C=O) groups excluding carboxylic acids is 3. The molecule has 2 heterocycles.